The largest absolute Gasteiger partial charge is 0.352 e. The molecule has 9 heteroatoms. The molecule has 0 heterocycles. The van der Waals surface area contributed by atoms with Gasteiger partial charge in [0.25, 0.3) is 10.0 Å². The Hall–Kier alpha value is -4.14. The van der Waals surface area contributed by atoms with Crippen molar-refractivity contribution >= 4 is 39.1 Å². The first-order valence-electron chi connectivity index (χ1n) is 15.3. The molecule has 1 fully saturated rings. The molecule has 1 aliphatic carbocycles. The first-order chi connectivity index (χ1) is 21.8. The Morgan fingerprint density at radius 2 is 1.38 bits per heavy atom. The van der Waals surface area contributed by atoms with E-state index in [-0.39, 0.29) is 35.5 Å². The van der Waals surface area contributed by atoms with E-state index in [1.807, 2.05) is 60.7 Å². The van der Waals surface area contributed by atoms with Gasteiger partial charge in [-0.3, -0.25) is 13.9 Å². The third-order valence-electron chi connectivity index (χ3n) is 8.12. The Morgan fingerprint density at radius 3 is 2.00 bits per heavy atom. The molecule has 45 heavy (non-hydrogen) atoms. The molecule has 0 aliphatic heterocycles. The number of nitrogens with zero attached hydrogens (tertiary/aromatic N) is 2. The van der Waals surface area contributed by atoms with Crippen molar-refractivity contribution in [3.05, 3.63) is 131 Å². The maximum atomic E-state index is 14.5. The zero-order valence-electron chi connectivity index (χ0n) is 25.1. The molecule has 1 atom stereocenters. The molecule has 1 saturated carbocycles. The van der Waals surface area contributed by atoms with Crippen molar-refractivity contribution in [2.75, 3.05) is 10.8 Å². The molecule has 0 bridgehead atoms. The van der Waals surface area contributed by atoms with Gasteiger partial charge in [0.2, 0.25) is 11.8 Å². The lowest BCUT2D eigenvalue weighted by Gasteiger charge is -2.35. The highest BCUT2D eigenvalue weighted by Crippen LogP contribution is 2.27. The molecule has 4 aromatic rings. The molecule has 1 aliphatic rings. The van der Waals surface area contributed by atoms with E-state index < -0.39 is 28.5 Å². The van der Waals surface area contributed by atoms with Crippen LogP contribution < -0.4 is 9.62 Å². The van der Waals surface area contributed by atoms with E-state index >= 15 is 0 Å². The third kappa shape index (κ3) is 8.53. The predicted molar refractivity (Wildman–Crippen MR) is 178 cm³/mol. The van der Waals surface area contributed by atoms with Crippen LogP contribution >= 0.6 is 11.6 Å². The monoisotopic (exact) mass is 643 g/mol. The first-order valence-corrected chi connectivity index (χ1v) is 17.1. The molecular formula is C36H38ClN3O4S. The quantitative estimate of drug-likeness (QED) is 0.188. The molecular weight excluding hydrogens is 606 g/mol. The fourth-order valence-corrected chi connectivity index (χ4v) is 7.37. The summed E-state index contributed by atoms with van der Waals surface area (Å²) >= 11 is 6.30. The number of halogens is 1. The van der Waals surface area contributed by atoms with Crippen LogP contribution in [0.2, 0.25) is 5.02 Å². The van der Waals surface area contributed by atoms with Crippen LogP contribution in [-0.2, 0) is 32.6 Å². The third-order valence-corrected chi connectivity index (χ3v) is 10.1. The van der Waals surface area contributed by atoms with Gasteiger partial charge in [0.15, 0.2) is 0 Å². The van der Waals surface area contributed by atoms with Crippen LogP contribution in [-0.4, -0.2) is 43.8 Å². The Kier molecular flexibility index (Phi) is 10.9. The Labute approximate surface area is 270 Å². The second-order valence-corrected chi connectivity index (χ2v) is 13.7. The van der Waals surface area contributed by atoms with Gasteiger partial charge in [-0.15, -0.1) is 0 Å². The number of hydrogen-bond acceptors (Lipinski definition) is 4. The lowest BCUT2D eigenvalue weighted by Crippen LogP contribution is -2.55. The lowest BCUT2D eigenvalue weighted by atomic mass is 9.94. The molecule has 7 nitrogen and oxygen atoms in total. The standard InChI is InChI=1S/C36H38ClN3O4S/c37-30-18-13-21-32(25-30)40(45(43,44)33-22-11-4-12-23-33)27-35(41)39(26-29-16-7-2-8-17-29)34(24-28-14-5-1-6-15-28)36(42)38-31-19-9-3-10-20-31/h1-2,4-8,11-18,21-23,25,31,34H,3,9-10,19-20,24,26-27H2,(H,38,42). The Bertz CT molecular complexity index is 1660. The molecule has 0 aromatic heterocycles. The van der Waals surface area contributed by atoms with Crippen molar-refractivity contribution in [1.82, 2.24) is 10.2 Å². The van der Waals surface area contributed by atoms with E-state index in [9.17, 15) is 18.0 Å². The molecule has 1 unspecified atom stereocenters. The van der Waals surface area contributed by atoms with Gasteiger partial charge in [0, 0.05) is 24.0 Å². The highest BCUT2D eigenvalue weighted by molar-refractivity contribution is 7.92. The van der Waals surface area contributed by atoms with Crippen LogP contribution in [0.1, 0.15) is 43.2 Å². The zero-order valence-corrected chi connectivity index (χ0v) is 26.7. The van der Waals surface area contributed by atoms with E-state index in [0.29, 0.717) is 5.02 Å². The summed E-state index contributed by atoms with van der Waals surface area (Å²) in [6, 6.07) is 32.6. The second-order valence-electron chi connectivity index (χ2n) is 11.4. The molecule has 1 N–H and O–H groups in total. The summed E-state index contributed by atoms with van der Waals surface area (Å²) in [5.41, 5.74) is 1.98. The molecule has 0 saturated heterocycles. The minimum absolute atomic E-state index is 0.0413. The van der Waals surface area contributed by atoms with Crippen molar-refractivity contribution in [1.29, 1.82) is 0 Å². The van der Waals surface area contributed by atoms with Crippen LogP contribution in [0.5, 0.6) is 0 Å². The van der Waals surface area contributed by atoms with Crippen molar-refractivity contribution in [2.45, 2.75) is 62.0 Å². The molecule has 234 valence electrons. The molecule has 4 aromatic carbocycles. The summed E-state index contributed by atoms with van der Waals surface area (Å²) in [5, 5.41) is 3.56. The van der Waals surface area contributed by atoms with E-state index in [1.165, 1.54) is 23.1 Å². The van der Waals surface area contributed by atoms with Crippen LogP contribution in [0.3, 0.4) is 0 Å². The van der Waals surface area contributed by atoms with E-state index in [1.54, 1.807) is 36.4 Å². The molecule has 0 radical (unpaired) electrons. The van der Waals surface area contributed by atoms with Crippen LogP contribution in [0.15, 0.2) is 120 Å². The van der Waals surface area contributed by atoms with Gasteiger partial charge in [-0.05, 0) is 54.3 Å². The van der Waals surface area contributed by atoms with E-state index in [4.69, 9.17) is 11.6 Å². The number of carbonyl (C=O) groups excluding carboxylic acids is 2. The minimum Gasteiger partial charge on any atom is -0.352 e. The number of benzene rings is 4. The number of nitrogens with one attached hydrogen (secondary N) is 1. The smallest absolute Gasteiger partial charge is 0.264 e. The van der Waals surface area contributed by atoms with Gasteiger partial charge in [-0.2, -0.15) is 0 Å². The first kappa shape index (κ1) is 32.3. The van der Waals surface area contributed by atoms with Gasteiger partial charge < -0.3 is 10.2 Å². The van der Waals surface area contributed by atoms with Gasteiger partial charge in [-0.1, -0.05) is 116 Å². The number of hydrogen-bond donors (Lipinski definition) is 1. The van der Waals surface area contributed by atoms with Gasteiger partial charge in [-0.25, -0.2) is 8.42 Å². The topological polar surface area (TPSA) is 86.8 Å². The minimum atomic E-state index is -4.17. The van der Waals surface area contributed by atoms with E-state index in [2.05, 4.69) is 5.32 Å². The summed E-state index contributed by atoms with van der Waals surface area (Å²) in [4.78, 5) is 30.2. The summed E-state index contributed by atoms with van der Waals surface area (Å²) in [6.45, 7) is -0.392. The highest BCUT2D eigenvalue weighted by atomic mass is 35.5. The summed E-state index contributed by atoms with van der Waals surface area (Å²) in [6.07, 6.45) is 5.32. The number of amides is 2. The van der Waals surface area contributed by atoms with E-state index in [0.717, 1.165) is 47.5 Å². The maximum Gasteiger partial charge on any atom is 0.264 e. The van der Waals surface area contributed by atoms with Gasteiger partial charge >= 0.3 is 0 Å². The van der Waals surface area contributed by atoms with Crippen molar-refractivity contribution in [3.8, 4) is 0 Å². The van der Waals surface area contributed by atoms with Gasteiger partial charge in [0.1, 0.15) is 12.6 Å². The van der Waals surface area contributed by atoms with Crippen LogP contribution in [0.4, 0.5) is 5.69 Å². The van der Waals surface area contributed by atoms with Gasteiger partial charge in [0.05, 0.1) is 10.6 Å². The summed E-state index contributed by atoms with van der Waals surface area (Å²) < 4.78 is 29.2. The number of rotatable bonds is 12. The average Bonchev–Trinajstić information content (AvgIpc) is 3.07. The van der Waals surface area contributed by atoms with Crippen molar-refractivity contribution in [2.24, 2.45) is 0 Å². The van der Waals surface area contributed by atoms with Crippen LogP contribution in [0, 0.1) is 0 Å². The van der Waals surface area contributed by atoms with Crippen molar-refractivity contribution in [3.63, 3.8) is 0 Å². The lowest BCUT2D eigenvalue weighted by molar-refractivity contribution is -0.140. The number of anilines is 1. The summed E-state index contributed by atoms with van der Waals surface area (Å²) in [5.74, 6) is -0.742. The average molecular weight is 644 g/mol. The number of sulfonamides is 1. The maximum absolute atomic E-state index is 14.5. The fraction of sp³-hybridized carbons (Fsp3) is 0.278. The molecule has 0 spiro atoms. The van der Waals surface area contributed by atoms with Crippen LogP contribution in [0.25, 0.3) is 0 Å². The summed E-state index contributed by atoms with van der Waals surface area (Å²) in [7, 11) is -4.17. The molecule has 5 rings (SSSR count). The van der Waals surface area contributed by atoms with Crippen molar-refractivity contribution < 1.29 is 18.0 Å². The normalized spacial score (nSPS) is 14.3. The molecule has 2 amide bonds. The highest BCUT2D eigenvalue weighted by Gasteiger charge is 2.35. The SMILES string of the molecule is O=C(NC1CCCCC1)C(Cc1ccccc1)N(Cc1ccccc1)C(=O)CN(c1cccc(Cl)c1)S(=O)(=O)c1ccccc1. The Balaban J connectivity index is 1.54. The second kappa shape index (κ2) is 15.2. The zero-order chi connectivity index (χ0) is 31.6. The number of carbonyl (C=O) groups is 2. The fourth-order valence-electron chi connectivity index (χ4n) is 5.76. The predicted octanol–water partition coefficient (Wildman–Crippen LogP) is 6.62. The Morgan fingerprint density at radius 1 is 0.778 bits per heavy atom.